The van der Waals surface area contributed by atoms with E-state index in [0.29, 0.717) is 0 Å². The van der Waals surface area contributed by atoms with Gasteiger partial charge in [0.05, 0.1) is 0 Å². The molecule has 1 aromatic carbocycles. The van der Waals surface area contributed by atoms with Crippen molar-refractivity contribution in [2.24, 2.45) is 4.99 Å². The third-order valence-electron chi connectivity index (χ3n) is 2.82. The Labute approximate surface area is 111 Å². The van der Waals surface area contributed by atoms with Crippen molar-refractivity contribution < 1.29 is 0 Å². The van der Waals surface area contributed by atoms with Crippen molar-refractivity contribution in [1.82, 2.24) is 0 Å². The van der Waals surface area contributed by atoms with E-state index in [-0.39, 0.29) is 0 Å². The van der Waals surface area contributed by atoms with Crippen LogP contribution in [0.3, 0.4) is 0 Å². The first kappa shape index (κ1) is 14.4. The predicted octanol–water partition coefficient (Wildman–Crippen LogP) is 5.06. The lowest BCUT2D eigenvalue weighted by molar-refractivity contribution is 1.04. The van der Waals surface area contributed by atoms with Gasteiger partial charge in [0.25, 0.3) is 0 Å². The van der Waals surface area contributed by atoms with E-state index in [1.54, 1.807) is 0 Å². The minimum Gasteiger partial charge on any atom is -0.257 e. The van der Waals surface area contributed by atoms with Gasteiger partial charge in [-0.25, -0.2) is 0 Å². The van der Waals surface area contributed by atoms with Crippen LogP contribution in [0, 0.1) is 6.92 Å². The fourth-order valence-electron chi connectivity index (χ4n) is 1.68. The summed E-state index contributed by atoms with van der Waals surface area (Å²) in [7, 11) is 0. The number of aliphatic imine (C=N–C) groups is 1. The first-order valence-electron chi connectivity index (χ1n) is 6.33. The molecule has 0 aliphatic heterocycles. The van der Waals surface area contributed by atoms with E-state index < -0.39 is 0 Å². The number of hydrogen-bond donors (Lipinski definition) is 0. The second kappa shape index (κ2) is 6.34. The van der Waals surface area contributed by atoms with Gasteiger partial charge in [0.1, 0.15) is 0 Å². The molecule has 1 rings (SSSR count). The summed E-state index contributed by atoms with van der Waals surface area (Å²) in [6, 6.07) is 8.49. The summed E-state index contributed by atoms with van der Waals surface area (Å²) in [4.78, 5) is 4.75. The maximum atomic E-state index is 4.75. The zero-order valence-electron chi connectivity index (χ0n) is 12.2. The van der Waals surface area contributed by atoms with Crippen LogP contribution in [0.4, 0.5) is 0 Å². The lowest BCUT2D eigenvalue weighted by atomic mass is 10.1. The number of nitrogens with zero attached hydrogens (tertiary/aromatic N) is 1. The molecule has 0 unspecified atom stereocenters. The van der Waals surface area contributed by atoms with Gasteiger partial charge in [-0.05, 0) is 40.2 Å². The highest BCUT2D eigenvalue weighted by molar-refractivity contribution is 5.99. The van der Waals surface area contributed by atoms with Crippen molar-refractivity contribution in [3.8, 4) is 0 Å². The van der Waals surface area contributed by atoms with Gasteiger partial charge in [0, 0.05) is 17.8 Å². The molecular formula is C17H23N. The lowest BCUT2D eigenvalue weighted by Gasteiger charge is -2.07. The Hall–Kier alpha value is -1.63. The van der Waals surface area contributed by atoms with Gasteiger partial charge in [-0.3, -0.25) is 4.99 Å². The maximum absolute atomic E-state index is 4.75. The monoisotopic (exact) mass is 241 g/mol. The van der Waals surface area contributed by atoms with E-state index in [1.165, 1.54) is 16.7 Å². The molecule has 0 aliphatic carbocycles. The summed E-state index contributed by atoms with van der Waals surface area (Å²) in [6.07, 6.45) is 0.853. The SMILES string of the molecule is C=C(C)CC(/N=C(\C)c1ccc(C)cc1)=C(C)C. The molecule has 0 aliphatic rings. The molecule has 0 saturated heterocycles. The van der Waals surface area contributed by atoms with Crippen molar-refractivity contribution in [2.75, 3.05) is 0 Å². The second-order valence-electron chi connectivity index (χ2n) is 5.14. The summed E-state index contributed by atoms with van der Waals surface area (Å²) in [5.74, 6) is 0. The first-order chi connectivity index (χ1) is 8.40. The average Bonchev–Trinajstić information content (AvgIpc) is 2.28. The maximum Gasteiger partial charge on any atom is 0.0448 e. The molecule has 0 N–H and O–H groups in total. The van der Waals surface area contributed by atoms with E-state index in [9.17, 15) is 0 Å². The lowest BCUT2D eigenvalue weighted by Crippen LogP contribution is -1.97. The molecule has 96 valence electrons. The Morgan fingerprint density at radius 1 is 1.06 bits per heavy atom. The van der Waals surface area contributed by atoms with Crippen LogP contribution in [-0.4, -0.2) is 5.71 Å². The fourth-order valence-corrected chi connectivity index (χ4v) is 1.68. The number of hydrogen-bond acceptors (Lipinski definition) is 1. The highest BCUT2D eigenvalue weighted by atomic mass is 14.8. The summed E-state index contributed by atoms with van der Waals surface area (Å²) >= 11 is 0. The molecule has 0 bridgehead atoms. The molecule has 0 amide bonds. The van der Waals surface area contributed by atoms with Gasteiger partial charge in [0.2, 0.25) is 0 Å². The molecule has 1 heteroatoms. The third-order valence-corrected chi connectivity index (χ3v) is 2.82. The van der Waals surface area contributed by atoms with Gasteiger partial charge in [0.15, 0.2) is 0 Å². The summed E-state index contributed by atoms with van der Waals surface area (Å²) in [5.41, 5.74) is 7.04. The molecule has 18 heavy (non-hydrogen) atoms. The third kappa shape index (κ3) is 4.33. The number of aryl methyl sites for hydroxylation is 1. The molecule has 1 nitrogen and oxygen atoms in total. The Balaban J connectivity index is 3.03. The molecule has 0 fully saturated rings. The van der Waals surface area contributed by atoms with Gasteiger partial charge >= 0.3 is 0 Å². The largest absolute Gasteiger partial charge is 0.257 e. The Kier molecular flexibility index (Phi) is 5.08. The zero-order valence-corrected chi connectivity index (χ0v) is 12.2. The molecule has 1 aromatic rings. The van der Waals surface area contributed by atoms with Crippen LogP contribution in [0.1, 0.15) is 45.2 Å². The van der Waals surface area contributed by atoms with Crippen LogP contribution in [0.15, 0.2) is 52.7 Å². The average molecular weight is 241 g/mol. The quantitative estimate of drug-likeness (QED) is 0.516. The van der Waals surface area contributed by atoms with Crippen LogP contribution >= 0.6 is 0 Å². The summed E-state index contributed by atoms with van der Waals surface area (Å²) in [5, 5.41) is 0. The van der Waals surface area contributed by atoms with Gasteiger partial charge in [-0.15, -0.1) is 0 Å². The van der Waals surface area contributed by atoms with Crippen LogP contribution < -0.4 is 0 Å². The molecule has 0 saturated carbocycles. The highest BCUT2D eigenvalue weighted by Crippen LogP contribution is 2.17. The second-order valence-corrected chi connectivity index (χ2v) is 5.14. The summed E-state index contributed by atoms with van der Waals surface area (Å²) in [6.45, 7) is 14.4. The zero-order chi connectivity index (χ0) is 13.7. The van der Waals surface area contributed by atoms with E-state index in [1.807, 2.05) is 6.92 Å². The van der Waals surface area contributed by atoms with E-state index in [0.717, 1.165) is 23.4 Å². The van der Waals surface area contributed by atoms with Crippen LogP contribution in [-0.2, 0) is 0 Å². The van der Waals surface area contributed by atoms with Crippen molar-refractivity contribution in [2.45, 2.75) is 41.0 Å². The molecule has 0 heterocycles. The minimum atomic E-state index is 0.853. The fraction of sp³-hybridized carbons (Fsp3) is 0.353. The Morgan fingerprint density at radius 3 is 2.06 bits per heavy atom. The number of rotatable bonds is 4. The number of benzene rings is 1. The van der Waals surface area contributed by atoms with Crippen molar-refractivity contribution in [3.63, 3.8) is 0 Å². The van der Waals surface area contributed by atoms with Crippen molar-refractivity contribution in [3.05, 3.63) is 58.8 Å². The molecule has 0 aromatic heterocycles. The van der Waals surface area contributed by atoms with E-state index >= 15 is 0 Å². The predicted molar refractivity (Wildman–Crippen MR) is 81.2 cm³/mol. The highest BCUT2D eigenvalue weighted by Gasteiger charge is 2.02. The molecule has 0 radical (unpaired) electrons. The van der Waals surface area contributed by atoms with E-state index in [4.69, 9.17) is 4.99 Å². The van der Waals surface area contributed by atoms with Gasteiger partial charge < -0.3 is 0 Å². The van der Waals surface area contributed by atoms with Crippen molar-refractivity contribution >= 4 is 5.71 Å². The van der Waals surface area contributed by atoms with Crippen LogP contribution in [0.2, 0.25) is 0 Å². The number of allylic oxidation sites excluding steroid dienone is 2. The normalized spacial score (nSPS) is 11.3. The smallest absolute Gasteiger partial charge is 0.0448 e. The summed E-state index contributed by atoms with van der Waals surface area (Å²) < 4.78 is 0. The molecule has 0 atom stereocenters. The van der Waals surface area contributed by atoms with E-state index in [2.05, 4.69) is 58.5 Å². The van der Waals surface area contributed by atoms with Gasteiger partial charge in [-0.1, -0.05) is 47.6 Å². The van der Waals surface area contributed by atoms with Crippen LogP contribution in [0.25, 0.3) is 0 Å². The van der Waals surface area contributed by atoms with Gasteiger partial charge in [-0.2, -0.15) is 0 Å². The molecular weight excluding hydrogens is 218 g/mol. The molecule has 0 spiro atoms. The standard InChI is InChI=1S/C17H23N/c1-12(2)11-17(13(3)4)18-15(6)16-9-7-14(5)8-10-16/h7-10H,1,11H2,2-6H3/b18-15+. The first-order valence-corrected chi connectivity index (χ1v) is 6.33. The topological polar surface area (TPSA) is 12.4 Å². The Bertz CT molecular complexity index is 483. The minimum absolute atomic E-state index is 0.853. The van der Waals surface area contributed by atoms with Crippen LogP contribution in [0.5, 0.6) is 0 Å². The van der Waals surface area contributed by atoms with Crippen molar-refractivity contribution in [1.29, 1.82) is 0 Å². The Morgan fingerprint density at radius 2 is 1.61 bits per heavy atom.